The van der Waals surface area contributed by atoms with Gasteiger partial charge in [0.25, 0.3) is 5.91 Å². The molecule has 3 heterocycles. The molecule has 2 aromatic heterocycles. The number of nitrogens with two attached hydrogens (primary N) is 1. The summed E-state index contributed by atoms with van der Waals surface area (Å²) < 4.78 is 0. The van der Waals surface area contributed by atoms with Gasteiger partial charge in [-0.05, 0) is 92.5 Å². The average Bonchev–Trinajstić information content (AvgIpc) is 3.26. The van der Waals surface area contributed by atoms with Gasteiger partial charge < -0.3 is 15.6 Å². The number of H-pyrrole nitrogens is 1. The molecule has 6 heteroatoms. The number of anilines is 1. The van der Waals surface area contributed by atoms with E-state index in [0.29, 0.717) is 12.0 Å². The monoisotopic (exact) mass is 462 g/mol. The predicted molar refractivity (Wildman–Crippen MR) is 137 cm³/mol. The summed E-state index contributed by atoms with van der Waals surface area (Å²) in [4.78, 5) is 23.2. The second-order valence-electron chi connectivity index (χ2n) is 9.27. The van der Waals surface area contributed by atoms with Crippen LogP contribution in [0.15, 0.2) is 48.8 Å². The molecule has 2 aliphatic rings. The summed E-state index contributed by atoms with van der Waals surface area (Å²) in [6.45, 7) is 4.87. The molecule has 1 aliphatic carbocycles. The van der Waals surface area contributed by atoms with Crippen molar-refractivity contribution in [3.8, 4) is 11.1 Å². The number of pyridine rings is 1. The zero-order valence-corrected chi connectivity index (χ0v) is 20.0. The van der Waals surface area contributed by atoms with Crippen molar-refractivity contribution >= 4 is 35.7 Å². The van der Waals surface area contributed by atoms with Gasteiger partial charge in [-0.15, -0.1) is 12.4 Å². The van der Waals surface area contributed by atoms with Crippen molar-refractivity contribution in [3.05, 3.63) is 71.3 Å². The SMILES string of the molecule is Cc1cc(C)c(/C=C2\C(=O)N(CC3CCC(N)CC3)c3cc(-c4ccncc4)ccc32)[nH]1.Cl. The number of aromatic amines is 1. The van der Waals surface area contributed by atoms with E-state index in [1.165, 1.54) is 0 Å². The molecule has 0 spiro atoms. The minimum Gasteiger partial charge on any atom is -0.359 e. The van der Waals surface area contributed by atoms with Crippen LogP contribution in [0.4, 0.5) is 5.69 Å². The standard InChI is InChI=1S/C27H30N4O.ClH/c1-17-13-18(2)30-25(17)15-24-23-8-5-21(20-9-11-29-12-10-20)14-26(23)31(27(24)32)16-19-3-6-22(28)7-4-19;/h5,8-15,19,22,30H,3-4,6-7,16,28H2,1-2H3;1H/b24-15-;. The quantitative estimate of drug-likeness (QED) is 0.501. The number of rotatable bonds is 4. The molecular formula is C27H31ClN4O. The number of halogens is 1. The molecule has 1 fully saturated rings. The Kier molecular flexibility index (Phi) is 6.73. The Morgan fingerprint density at radius 2 is 1.79 bits per heavy atom. The van der Waals surface area contributed by atoms with Crippen LogP contribution in [0.25, 0.3) is 22.8 Å². The highest BCUT2D eigenvalue weighted by Crippen LogP contribution is 2.41. The maximum atomic E-state index is 13.7. The van der Waals surface area contributed by atoms with Gasteiger partial charge in [0.1, 0.15) is 0 Å². The molecule has 0 saturated heterocycles. The van der Waals surface area contributed by atoms with Crippen molar-refractivity contribution in [3.63, 3.8) is 0 Å². The summed E-state index contributed by atoms with van der Waals surface area (Å²) in [5, 5.41) is 0. The maximum Gasteiger partial charge on any atom is 0.259 e. The van der Waals surface area contributed by atoms with Crippen LogP contribution in [0.2, 0.25) is 0 Å². The van der Waals surface area contributed by atoms with E-state index in [1.807, 2.05) is 30.0 Å². The van der Waals surface area contributed by atoms with Crippen LogP contribution < -0.4 is 10.6 Å². The molecule has 5 nitrogen and oxygen atoms in total. The molecule has 0 bridgehead atoms. The number of hydrogen-bond donors (Lipinski definition) is 2. The van der Waals surface area contributed by atoms with Crippen molar-refractivity contribution in [2.24, 2.45) is 11.7 Å². The van der Waals surface area contributed by atoms with Crippen LogP contribution in [0.5, 0.6) is 0 Å². The highest BCUT2D eigenvalue weighted by molar-refractivity contribution is 6.36. The first-order valence-corrected chi connectivity index (χ1v) is 11.5. The fourth-order valence-corrected chi connectivity index (χ4v) is 5.07. The molecule has 0 unspecified atom stereocenters. The second kappa shape index (κ2) is 9.54. The van der Waals surface area contributed by atoms with E-state index < -0.39 is 0 Å². The molecular weight excluding hydrogens is 432 g/mol. The molecule has 33 heavy (non-hydrogen) atoms. The summed E-state index contributed by atoms with van der Waals surface area (Å²) in [6, 6.07) is 12.8. The summed E-state index contributed by atoms with van der Waals surface area (Å²) in [5.41, 5.74) is 14.3. The zero-order valence-electron chi connectivity index (χ0n) is 19.2. The lowest BCUT2D eigenvalue weighted by molar-refractivity contribution is -0.113. The van der Waals surface area contributed by atoms with Gasteiger partial charge in [0.2, 0.25) is 0 Å². The van der Waals surface area contributed by atoms with Crippen LogP contribution in [0.3, 0.4) is 0 Å². The summed E-state index contributed by atoms with van der Waals surface area (Å²) >= 11 is 0. The van der Waals surface area contributed by atoms with Gasteiger partial charge in [0.05, 0.1) is 11.3 Å². The molecule has 1 aliphatic heterocycles. The lowest BCUT2D eigenvalue weighted by atomic mass is 9.86. The smallest absolute Gasteiger partial charge is 0.259 e. The number of aryl methyl sites for hydroxylation is 2. The van der Waals surface area contributed by atoms with Crippen LogP contribution in [-0.4, -0.2) is 28.5 Å². The summed E-state index contributed by atoms with van der Waals surface area (Å²) in [7, 11) is 0. The number of nitrogens with one attached hydrogen (secondary N) is 1. The van der Waals surface area contributed by atoms with Gasteiger partial charge in [-0.25, -0.2) is 0 Å². The number of nitrogens with zero attached hydrogens (tertiary/aromatic N) is 2. The Balaban J connectivity index is 0.00000259. The number of aromatic nitrogens is 2. The number of hydrogen-bond acceptors (Lipinski definition) is 3. The fraction of sp³-hybridized carbons (Fsp3) is 0.333. The number of benzene rings is 1. The minimum absolute atomic E-state index is 0. The first-order valence-electron chi connectivity index (χ1n) is 11.5. The van der Waals surface area contributed by atoms with E-state index in [-0.39, 0.29) is 18.3 Å². The highest BCUT2D eigenvalue weighted by Gasteiger charge is 2.35. The van der Waals surface area contributed by atoms with Gasteiger partial charge in [-0.3, -0.25) is 9.78 Å². The molecule has 1 amide bonds. The molecule has 0 radical (unpaired) electrons. The van der Waals surface area contributed by atoms with Crippen LogP contribution >= 0.6 is 12.4 Å². The van der Waals surface area contributed by atoms with Crippen molar-refractivity contribution in [1.82, 2.24) is 9.97 Å². The molecule has 1 aromatic carbocycles. The number of carbonyl (C=O) groups is 1. The third kappa shape index (κ3) is 4.61. The van der Waals surface area contributed by atoms with Crippen molar-refractivity contribution in [2.45, 2.75) is 45.6 Å². The van der Waals surface area contributed by atoms with Gasteiger partial charge >= 0.3 is 0 Å². The maximum absolute atomic E-state index is 13.7. The van der Waals surface area contributed by atoms with Gasteiger partial charge in [-0.1, -0.05) is 12.1 Å². The van der Waals surface area contributed by atoms with E-state index in [4.69, 9.17) is 5.73 Å². The molecule has 172 valence electrons. The van der Waals surface area contributed by atoms with E-state index >= 15 is 0 Å². The van der Waals surface area contributed by atoms with Gasteiger partial charge in [-0.2, -0.15) is 0 Å². The van der Waals surface area contributed by atoms with Gasteiger partial charge in [0.15, 0.2) is 0 Å². The molecule has 5 rings (SSSR count). The number of carbonyl (C=O) groups excluding carboxylic acids is 1. The highest BCUT2D eigenvalue weighted by atomic mass is 35.5. The lowest BCUT2D eigenvalue weighted by Crippen LogP contribution is -2.36. The Morgan fingerprint density at radius 3 is 2.45 bits per heavy atom. The minimum atomic E-state index is 0. The second-order valence-corrected chi connectivity index (χ2v) is 9.27. The first-order chi connectivity index (χ1) is 15.5. The van der Waals surface area contributed by atoms with E-state index in [2.05, 4.69) is 41.2 Å². The van der Waals surface area contributed by atoms with Crippen LogP contribution in [0.1, 0.15) is 48.2 Å². The third-order valence-corrected chi connectivity index (χ3v) is 6.88. The van der Waals surface area contributed by atoms with Crippen molar-refractivity contribution < 1.29 is 4.79 Å². The topological polar surface area (TPSA) is 75.0 Å². The number of amides is 1. The first kappa shape index (κ1) is 23.3. The van der Waals surface area contributed by atoms with Crippen LogP contribution in [-0.2, 0) is 4.79 Å². The number of fused-ring (bicyclic) bond motifs is 1. The average molecular weight is 463 g/mol. The predicted octanol–water partition coefficient (Wildman–Crippen LogP) is 5.52. The summed E-state index contributed by atoms with van der Waals surface area (Å²) in [5.74, 6) is 0.582. The molecule has 0 atom stereocenters. The summed E-state index contributed by atoms with van der Waals surface area (Å²) in [6.07, 6.45) is 9.88. The fourth-order valence-electron chi connectivity index (χ4n) is 5.07. The molecule has 3 N–H and O–H groups in total. The van der Waals surface area contributed by atoms with Crippen LogP contribution in [0, 0.1) is 19.8 Å². The zero-order chi connectivity index (χ0) is 22.2. The Bertz CT molecular complexity index is 1180. The third-order valence-electron chi connectivity index (χ3n) is 6.88. The lowest BCUT2D eigenvalue weighted by Gasteiger charge is -2.30. The van der Waals surface area contributed by atoms with Crippen molar-refractivity contribution in [2.75, 3.05) is 11.4 Å². The van der Waals surface area contributed by atoms with E-state index in [1.54, 1.807) is 12.4 Å². The van der Waals surface area contributed by atoms with E-state index in [0.717, 1.165) is 77.1 Å². The molecule has 3 aromatic rings. The van der Waals surface area contributed by atoms with Crippen molar-refractivity contribution in [1.29, 1.82) is 0 Å². The van der Waals surface area contributed by atoms with E-state index in [9.17, 15) is 4.79 Å². The largest absolute Gasteiger partial charge is 0.359 e. The Labute approximate surface area is 201 Å². The van der Waals surface area contributed by atoms with Gasteiger partial charge in [0, 0.05) is 41.9 Å². The normalized spacial score (nSPS) is 21.2. The molecule has 1 saturated carbocycles. The Morgan fingerprint density at radius 1 is 1.06 bits per heavy atom. The Hall–Kier alpha value is -2.89.